The Balaban J connectivity index is 4.34. The molecular formula is C10H15N. The van der Waals surface area contributed by atoms with Crippen LogP contribution in [0.15, 0.2) is 42.6 Å². The lowest BCUT2D eigenvalue weighted by Crippen LogP contribution is -2.02. The molecule has 0 atom stereocenters. The van der Waals surface area contributed by atoms with Crippen LogP contribution in [0.3, 0.4) is 0 Å². The highest BCUT2D eigenvalue weighted by atomic mass is 14.7. The minimum atomic E-state index is 0.434. The van der Waals surface area contributed by atoms with E-state index in [1.54, 1.807) is 12.3 Å². The first-order chi connectivity index (χ1) is 5.22. The Kier molecular flexibility index (Phi) is 5.09. The van der Waals surface area contributed by atoms with Crippen molar-refractivity contribution in [3.63, 3.8) is 0 Å². The predicted molar refractivity (Wildman–Crippen MR) is 51.8 cm³/mol. The van der Waals surface area contributed by atoms with Gasteiger partial charge in [-0.05, 0) is 12.0 Å². The molecule has 0 amide bonds. The maximum Gasteiger partial charge on any atom is 0.0428 e. The van der Waals surface area contributed by atoms with Crippen molar-refractivity contribution < 1.29 is 0 Å². The van der Waals surface area contributed by atoms with Gasteiger partial charge < -0.3 is 0 Å². The summed E-state index contributed by atoms with van der Waals surface area (Å²) in [5.41, 5.74) is 1.03. The molecule has 0 saturated carbocycles. The van der Waals surface area contributed by atoms with E-state index in [0.29, 0.717) is 5.92 Å². The molecule has 11 heavy (non-hydrogen) atoms. The summed E-state index contributed by atoms with van der Waals surface area (Å²) in [6.07, 6.45) is 7.12. The summed E-state index contributed by atoms with van der Waals surface area (Å²) in [4.78, 5) is 4.11. The van der Waals surface area contributed by atoms with Crippen LogP contribution in [0.4, 0.5) is 0 Å². The zero-order valence-electron chi connectivity index (χ0n) is 7.25. The highest BCUT2D eigenvalue weighted by Gasteiger charge is 1.97. The summed E-state index contributed by atoms with van der Waals surface area (Å²) in [5, 5.41) is 0. The van der Waals surface area contributed by atoms with Crippen molar-refractivity contribution in [1.29, 1.82) is 0 Å². The van der Waals surface area contributed by atoms with E-state index in [9.17, 15) is 0 Å². The van der Waals surface area contributed by atoms with Gasteiger partial charge in [0.1, 0.15) is 0 Å². The maximum absolute atomic E-state index is 4.11. The summed E-state index contributed by atoms with van der Waals surface area (Å²) < 4.78 is 0. The van der Waals surface area contributed by atoms with Crippen molar-refractivity contribution >= 4 is 5.71 Å². The van der Waals surface area contributed by atoms with Gasteiger partial charge in [-0.2, -0.15) is 0 Å². The van der Waals surface area contributed by atoms with Crippen LogP contribution in [-0.4, -0.2) is 5.71 Å². The molecule has 0 unspecified atom stereocenters. The average molecular weight is 149 g/mol. The summed E-state index contributed by atoms with van der Waals surface area (Å²) >= 11 is 0. The van der Waals surface area contributed by atoms with Crippen LogP contribution in [0.1, 0.15) is 13.8 Å². The summed E-state index contributed by atoms with van der Waals surface area (Å²) in [6, 6.07) is 0. The molecule has 0 heterocycles. The van der Waals surface area contributed by atoms with Crippen LogP contribution < -0.4 is 0 Å². The minimum Gasteiger partial charge on any atom is -0.262 e. The lowest BCUT2D eigenvalue weighted by Gasteiger charge is -2.01. The van der Waals surface area contributed by atoms with Crippen LogP contribution in [0.25, 0.3) is 0 Å². The van der Waals surface area contributed by atoms with Gasteiger partial charge >= 0.3 is 0 Å². The maximum atomic E-state index is 4.11. The predicted octanol–water partition coefficient (Wildman–Crippen LogP) is 2.97. The average Bonchev–Trinajstić information content (AvgIpc) is 1.97. The van der Waals surface area contributed by atoms with E-state index in [2.05, 4.69) is 32.0 Å². The molecule has 1 heteroatoms. The van der Waals surface area contributed by atoms with Gasteiger partial charge in [-0.25, -0.2) is 0 Å². The lowest BCUT2D eigenvalue weighted by molar-refractivity contribution is 0.889. The molecule has 0 fully saturated rings. The molecule has 0 aliphatic carbocycles. The molecule has 1 nitrogen and oxygen atoms in total. The van der Waals surface area contributed by atoms with Gasteiger partial charge in [0.05, 0.1) is 0 Å². The lowest BCUT2D eigenvalue weighted by atomic mass is 10.1. The fourth-order valence-electron chi connectivity index (χ4n) is 0.657. The molecule has 0 spiro atoms. The van der Waals surface area contributed by atoms with Crippen molar-refractivity contribution in [2.75, 3.05) is 0 Å². The second kappa shape index (κ2) is 5.66. The molecule has 0 rings (SSSR count). The Hall–Kier alpha value is -1.11. The van der Waals surface area contributed by atoms with Gasteiger partial charge in [-0.1, -0.05) is 39.2 Å². The minimum absolute atomic E-state index is 0.434. The smallest absolute Gasteiger partial charge is 0.0428 e. The van der Waals surface area contributed by atoms with E-state index in [1.807, 2.05) is 12.2 Å². The first kappa shape index (κ1) is 9.89. The Morgan fingerprint density at radius 2 is 2.00 bits per heavy atom. The molecule has 0 aliphatic heterocycles. The fraction of sp³-hybridized carbons (Fsp3) is 0.300. The van der Waals surface area contributed by atoms with Gasteiger partial charge in [-0.3, -0.25) is 4.99 Å². The number of nitrogens with zero attached hydrogens (tertiary/aromatic N) is 1. The van der Waals surface area contributed by atoms with Gasteiger partial charge in [0.2, 0.25) is 0 Å². The van der Waals surface area contributed by atoms with Crippen LogP contribution in [0.2, 0.25) is 0 Å². The Morgan fingerprint density at radius 1 is 1.36 bits per heavy atom. The summed E-state index contributed by atoms with van der Waals surface area (Å²) in [6.45, 7) is 11.3. The van der Waals surface area contributed by atoms with E-state index >= 15 is 0 Å². The fourth-order valence-corrected chi connectivity index (χ4v) is 0.657. The van der Waals surface area contributed by atoms with Crippen molar-refractivity contribution in [2.24, 2.45) is 10.9 Å². The zero-order valence-corrected chi connectivity index (χ0v) is 7.25. The Bertz CT molecular complexity index is 185. The molecule has 0 aromatic heterocycles. The van der Waals surface area contributed by atoms with Gasteiger partial charge in [-0.15, -0.1) is 0 Å². The van der Waals surface area contributed by atoms with E-state index in [-0.39, 0.29) is 0 Å². The Morgan fingerprint density at radius 3 is 2.36 bits per heavy atom. The van der Waals surface area contributed by atoms with E-state index in [1.165, 1.54) is 0 Å². The quantitative estimate of drug-likeness (QED) is 0.430. The van der Waals surface area contributed by atoms with Crippen molar-refractivity contribution in [1.82, 2.24) is 0 Å². The normalized spacial score (nSPS) is 12.5. The van der Waals surface area contributed by atoms with Crippen LogP contribution in [0.5, 0.6) is 0 Å². The summed E-state index contributed by atoms with van der Waals surface area (Å²) in [7, 11) is 0. The number of aliphatic imine (C=N–C) groups is 1. The molecule has 0 saturated heterocycles. The van der Waals surface area contributed by atoms with Crippen molar-refractivity contribution in [3.8, 4) is 0 Å². The Labute approximate surface area is 68.9 Å². The first-order valence-electron chi connectivity index (χ1n) is 3.70. The standard InChI is InChI=1S/C10H15N/c1-5-7-8-10(9(3)4)11-6-2/h5-9H,1-2H2,3-4H3/b8-7-,11-10?. The summed E-state index contributed by atoms with van der Waals surface area (Å²) in [5.74, 6) is 0.434. The third-order valence-electron chi connectivity index (χ3n) is 1.23. The molecular weight excluding hydrogens is 134 g/mol. The number of hydrogen-bond acceptors (Lipinski definition) is 1. The molecule has 0 bridgehead atoms. The highest BCUT2D eigenvalue weighted by molar-refractivity contribution is 5.96. The first-order valence-corrected chi connectivity index (χ1v) is 3.70. The van der Waals surface area contributed by atoms with E-state index < -0.39 is 0 Å². The van der Waals surface area contributed by atoms with Gasteiger partial charge in [0, 0.05) is 11.9 Å². The van der Waals surface area contributed by atoms with Crippen molar-refractivity contribution in [2.45, 2.75) is 13.8 Å². The number of hydrogen-bond donors (Lipinski definition) is 0. The topological polar surface area (TPSA) is 12.4 Å². The zero-order chi connectivity index (χ0) is 8.69. The molecule has 60 valence electrons. The second-order valence-electron chi connectivity index (χ2n) is 2.49. The van der Waals surface area contributed by atoms with Crippen LogP contribution in [0, 0.1) is 5.92 Å². The molecule has 0 aliphatic rings. The molecule has 0 aromatic carbocycles. The third-order valence-corrected chi connectivity index (χ3v) is 1.23. The molecule has 0 aromatic rings. The monoisotopic (exact) mass is 149 g/mol. The van der Waals surface area contributed by atoms with Gasteiger partial charge in [0.15, 0.2) is 0 Å². The van der Waals surface area contributed by atoms with Crippen molar-refractivity contribution in [3.05, 3.63) is 37.6 Å². The molecule has 0 N–H and O–H groups in total. The van der Waals surface area contributed by atoms with Gasteiger partial charge in [0.25, 0.3) is 0 Å². The van der Waals surface area contributed by atoms with E-state index in [4.69, 9.17) is 0 Å². The number of allylic oxidation sites excluding steroid dienone is 3. The SMILES string of the molecule is C=C/C=C\C(=NC=C)C(C)C. The largest absolute Gasteiger partial charge is 0.262 e. The third kappa shape index (κ3) is 4.31. The van der Waals surface area contributed by atoms with Crippen LogP contribution in [-0.2, 0) is 0 Å². The highest BCUT2D eigenvalue weighted by Crippen LogP contribution is 1.99. The molecule has 0 radical (unpaired) electrons. The van der Waals surface area contributed by atoms with Crippen LogP contribution >= 0.6 is 0 Å². The van der Waals surface area contributed by atoms with E-state index in [0.717, 1.165) is 5.71 Å². The second-order valence-corrected chi connectivity index (χ2v) is 2.49. The number of rotatable bonds is 4.